The third kappa shape index (κ3) is 3.42. The van der Waals surface area contributed by atoms with E-state index in [2.05, 4.69) is 20.4 Å². The fourth-order valence-corrected chi connectivity index (χ4v) is 2.95. The molecule has 0 radical (unpaired) electrons. The van der Waals surface area contributed by atoms with Crippen molar-refractivity contribution in [1.82, 2.24) is 15.1 Å². The Morgan fingerprint density at radius 3 is 3.09 bits per heavy atom. The number of carbonyl (C=O) groups excluding carboxylic acids is 1. The van der Waals surface area contributed by atoms with E-state index in [1.165, 1.54) is 11.3 Å². The van der Waals surface area contributed by atoms with E-state index in [4.69, 9.17) is 4.74 Å². The molecule has 0 aliphatic carbocycles. The van der Waals surface area contributed by atoms with Crippen molar-refractivity contribution in [3.8, 4) is 5.75 Å². The van der Waals surface area contributed by atoms with Crippen molar-refractivity contribution in [2.75, 3.05) is 32.6 Å². The number of ether oxygens (including phenoxy) is 1. The van der Waals surface area contributed by atoms with E-state index in [1.807, 2.05) is 26.2 Å². The highest BCUT2D eigenvalue weighted by molar-refractivity contribution is 7.15. The lowest BCUT2D eigenvalue weighted by Gasteiger charge is -2.06. The smallest absolute Gasteiger partial charge is 0.257 e. The van der Waals surface area contributed by atoms with Crippen LogP contribution in [0.5, 0.6) is 5.75 Å². The number of anilines is 1. The Balaban J connectivity index is 1.64. The van der Waals surface area contributed by atoms with Crippen LogP contribution in [0.15, 0.2) is 18.2 Å². The van der Waals surface area contributed by atoms with Crippen molar-refractivity contribution in [2.24, 2.45) is 0 Å². The zero-order valence-electron chi connectivity index (χ0n) is 12.6. The van der Waals surface area contributed by atoms with Gasteiger partial charge in [0.1, 0.15) is 10.8 Å². The molecule has 1 amide bonds. The SMILES string of the molecule is CN(C)CCc1nnc(NC(=O)c2ccc3c(c2)CCO3)s1. The molecule has 0 atom stereocenters. The Kier molecular flexibility index (Phi) is 4.35. The van der Waals surface area contributed by atoms with Crippen LogP contribution in [0.4, 0.5) is 5.13 Å². The molecular formula is C15H18N4O2S. The van der Waals surface area contributed by atoms with Crippen molar-refractivity contribution in [1.29, 1.82) is 0 Å². The van der Waals surface area contributed by atoms with Crippen molar-refractivity contribution in [3.63, 3.8) is 0 Å². The largest absolute Gasteiger partial charge is 0.493 e. The first kappa shape index (κ1) is 14.9. The number of benzene rings is 1. The van der Waals surface area contributed by atoms with Crippen LogP contribution in [0.2, 0.25) is 0 Å². The molecule has 0 fully saturated rings. The number of nitrogens with one attached hydrogen (secondary N) is 1. The molecule has 2 aromatic rings. The van der Waals surface area contributed by atoms with Crippen LogP contribution in [-0.2, 0) is 12.8 Å². The van der Waals surface area contributed by atoms with Gasteiger partial charge < -0.3 is 9.64 Å². The summed E-state index contributed by atoms with van der Waals surface area (Å²) in [6.07, 6.45) is 1.68. The molecule has 0 spiro atoms. The number of carbonyl (C=O) groups is 1. The van der Waals surface area contributed by atoms with Crippen molar-refractivity contribution in [2.45, 2.75) is 12.8 Å². The van der Waals surface area contributed by atoms with Gasteiger partial charge in [0, 0.05) is 24.9 Å². The quantitative estimate of drug-likeness (QED) is 0.911. The van der Waals surface area contributed by atoms with Gasteiger partial charge >= 0.3 is 0 Å². The fraction of sp³-hybridized carbons (Fsp3) is 0.400. The van der Waals surface area contributed by atoms with E-state index < -0.39 is 0 Å². The third-order valence-electron chi connectivity index (χ3n) is 3.41. The zero-order valence-corrected chi connectivity index (χ0v) is 13.4. The molecule has 0 bridgehead atoms. The van der Waals surface area contributed by atoms with Crippen LogP contribution in [0.25, 0.3) is 0 Å². The van der Waals surface area contributed by atoms with Gasteiger partial charge in [-0.15, -0.1) is 10.2 Å². The number of nitrogens with zero attached hydrogens (tertiary/aromatic N) is 3. The molecule has 116 valence electrons. The van der Waals surface area contributed by atoms with Gasteiger partial charge in [0.25, 0.3) is 5.91 Å². The highest BCUT2D eigenvalue weighted by Crippen LogP contribution is 2.26. The molecule has 1 N–H and O–H groups in total. The molecule has 22 heavy (non-hydrogen) atoms. The van der Waals surface area contributed by atoms with Crippen LogP contribution < -0.4 is 10.1 Å². The maximum Gasteiger partial charge on any atom is 0.257 e. The lowest BCUT2D eigenvalue weighted by Crippen LogP contribution is -2.14. The number of likely N-dealkylation sites (N-methyl/N-ethyl adjacent to an activating group) is 1. The molecule has 1 aromatic heterocycles. The predicted octanol–water partition coefficient (Wildman–Crippen LogP) is 1.83. The number of fused-ring (bicyclic) bond motifs is 1. The van der Waals surface area contributed by atoms with Gasteiger partial charge in [-0.1, -0.05) is 11.3 Å². The lowest BCUT2D eigenvalue weighted by molar-refractivity contribution is 0.102. The summed E-state index contributed by atoms with van der Waals surface area (Å²) in [6.45, 7) is 1.60. The van der Waals surface area contributed by atoms with Gasteiger partial charge in [0.05, 0.1) is 6.61 Å². The number of hydrogen-bond acceptors (Lipinski definition) is 6. The van der Waals surface area contributed by atoms with Gasteiger partial charge in [-0.25, -0.2) is 0 Å². The van der Waals surface area contributed by atoms with E-state index in [9.17, 15) is 4.79 Å². The van der Waals surface area contributed by atoms with Crippen LogP contribution in [0, 0.1) is 0 Å². The molecule has 1 aliphatic heterocycles. The molecule has 0 saturated carbocycles. The van der Waals surface area contributed by atoms with Gasteiger partial charge in [0.2, 0.25) is 5.13 Å². The van der Waals surface area contributed by atoms with Crippen molar-refractivity contribution >= 4 is 22.4 Å². The Bertz CT molecular complexity index is 684. The van der Waals surface area contributed by atoms with Gasteiger partial charge in [-0.3, -0.25) is 10.1 Å². The minimum Gasteiger partial charge on any atom is -0.493 e. The van der Waals surface area contributed by atoms with Gasteiger partial charge in [0.15, 0.2) is 0 Å². The van der Waals surface area contributed by atoms with Crippen molar-refractivity contribution < 1.29 is 9.53 Å². The Hall–Kier alpha value is -1.99. The second kappa shape index (κ2) is 6.41. The monoisotopic (exact) mass is 318 g/mol. The predicted molar refractivity (Wildman–Crippen MR) is 85.8 cm³/mol. The average Bonchev–Trinajstić information content (AvgIpc) is 3.12. The van der Waals surface area contributed by atoms with Crippen LogP contribution in [-0.4, -0.2) is 48.3 Å². The molecule has 7 heteroatoms. The fourth-order valence-electron chi connectivity index (χ4n) is 2.22. The van der Waals surface area contributed by atoms with Gasteiger partial charge in [-0.05, 0) is 37.9 Å². The Morgan fingerprint density at radius 1 is 1.41 bits per heavy atom. The summed E-state index contributed by atoms with van der Waals surface area (Å²) in [4.78, 5) is 14.4. The first-order chi connectivity index (χ1) is 10.6. The highest BCUT2D eigenvalue weighted by atomic mass is 32.1. The lowest BCUT2D eigenvalue weighted by atomic mass is 10.1. The summed E-state index contributed by atoms with van der Waals surface area (Å²) in [5.74, 6) is 0.712. The Labute approximate surface area is 133 Å². The molecule has 3 rings (SSSR count). The molecule has 2 heterocycles. The average molecular weight is 318 g/mol. The first-order valence-corrected chi connectivity index (χ1v) is 7.97. The molecule has 6 nitrogen and oxygen atoms in total. The minimum atomic E-state index is -0.162. The van der Waals surface area contributed by atoms with Crippen LogP contribution in [0.3, 0.4) is 0 Å². The number of hydrogen-bond donors (Lipinski definition) is 1. The highest BCUT2D eigenvalue weighted by Gasteiger charge is 2.16. The molecular weight excluding hydrogens is 300 g/mol. The molecule has 0 unspecified atom stereocenters. The van der Waals surface area contributed by atoms with Crippen LogP contribution >= 0.6 is 11.3 Å². The van der Waals surface area contributed by atoms with Crippen molar-refractivity contribution in [3.05, 3.63) is 34.3 Å². The molecule has 1 aromatic carbocycles. The van der Waals surface area contributed by atoms with E-state index >= 15 is 0 Å². The summed E-state index contributed by atoms with van der Waals surface area (Å²) >= 11 is 1.42. The summed E-state index contributed by atoms with van der Waals surface area (Å²) in [5.41, 5.74) is 1.70. The second-order valence-electron chi connectivity index (χ2n) is 5.43. The number of rotatable bonds is 5. The molecule has 0 saturated heterocycles. The maximum atomic E-state index is 12.3. The minimum absolute atomic E-state index is 0.162. The normalized spacial score (nSPS) is 13.0. The van der Waals surface area contributed by atoms with E-state index in [0.29, 0.717) is 17.3 Å². The number of aromatic nitrogens is 2. The van der Waals surface area contributed by atoms with E-state index in [1.54, 1.807) is 6.07 Å². The summed E-state index contributed by atoms with van der Waals surface area (Å²) in [7, 11) is 4.03. The summed E-state index contributed by atoms with van der Waals surface area (Å²) in [5, 5.41) is 12.4. The zero-order chi connectivity index (χ0) is 15.5. The standard InChI is InChI=1S/C15H18N4O2S/c1-19(2)7-5-13-17-18-15(22-13)16-14(20)11-3-4-12-10(9-11)6-8-21-12/h3-4,9H,5-8H2,1-2H3,(H,16,18,20). The topological polar surface area (TPSA) is 67.4 Å². The second-order valence-corrected chi connectivity index (χ2v) is 6.49. The third-order valence-corrected chi connectivity index (χ3v) is 4.31. The van der Waals surface area contributed by atoms with E-state index in [-0.39, 0.29) is 5.91 Å². The van der Waals surface area contributed by atoms with Crippen LogP contribution in [0.1, 0.15) is 20.9 Å². The Morgan fingerprint density at radius 2 is 2.27 bits per heavy atom. The van der Waals surface area contributed by atoms with Gasteiger partial charge in [-0.2, -0.15) is 0 Å². The van der Waals surface area contributed by atoms with E-state index in [0.717, 1.165) is 35.7 Å². The number of amides is 1. The summed E-state index contributed by atoms with van der Waals surface area (Å²) in [6, 6.07) is 5.50. The maximum absolute atomic E-state index is 12.3. The summed E-state index contributed by atoms with van der Waals surface area (Å²) < 4.78 is 5.44. The first-order valence-electron chi connectivity index (χ1n) is 7.16. The molecule has 1 aliphatic rings.